The van der Waals surface area contributed by atoms with Gasteiger partial charge in [0.1, 0.15) is 0 Å². The molecule has 1 aromatic rings. The van der Waals surface area contributed by atoms with E-state index >= 15 is 0 Å². The minimum Gasteiger partial charge on any atom is -0.478 e. The standard InChI is InChI=1S/C42H74O6/c1-4-6-8-10-12-14-16-18-20-22-24-26-28-32-36-46-42(3,48-41(45)39-35-31-30-34-38(39)40(43)44)47-37-33-29-27-25-23-21-19-17-15-13-11-9-7-5-2/h30-31,34-35H,4-29,32-33,36-37H2,1-3H3,(H,43,44). The third-order valence-electron chi connectivity index (χ3n) is 9.38. The Balaban J connectivity index is 2.32. The summed E-state index contributed by atoms with van der Waals surface area (Å²) in [4.78, 5) is 24.7. The zero-order chi connectivity index (χ0) is 35.0. The van der Waals surface area contributed by atoms with Gasteiger partial charge in [-0.3, -0.25) is 0 Å². The second-order valence-corrected chi connectivity index (χ2v) is 14.0. The van der Waals surface area contributed by atoms with Crippen molar-refractivity contribution in [1.82, 2.24) is 0 Å². The van der Waals surface area contributed by atoms with Crippen LogP contribution in [0.1, 0.15) is 221 Å². The van der Waals surface area contributed by atoms with Crippen LogP contribution in [0.15, 0.2) is 24.3 Å². The molecule has 0 bridgehead atoms. The first-order valence-electron chi connectivity index (χ1n) is 20.3. The van der Waals surface area contributed by atoms with Crippen molar-refractivity contribution in [2.24, 2.45) is 0 Å². The molecule has 0 unspecified atom stereocenters. The van der Waals surface area contributed by atoms with Gasteiger partial charge in [0.25, 0.3) is 0 Å². The molecule has 0 fully saturated rings. The number of carbonyl (C=O) groups is 2. The third-order valence-corrected chi connectivity index (χ3v) is 9.38. The number of carboxylic acids is 1. The summed E-state index contributed by atoms with van der Waals surface area (Å²) in [5.41, 5.74) is -0.0970. The van der Waals surface area contributed by atoms with Crippen LogP contribution in [0.2, 0.25) is 0 Å². The van der Waals surface area contributed by atoms with Gasteiger partial charge in [0.15, 0.2) is 0 Å². The molecule has 278 valence electrons. The van der Waals surface area contributed by atoms with Crippen molar-refractivity contribution in [3.8, 4) is 0 Å². The lowest BCUT2D eigenvalue weighted by atomic mass is 10.0. The van der Waals surface area contributed by atoms with E-state index < -0.39 is 17.9 Å². The molecule has 0 saturated heterocycles. The van der Waals surface area contributed by atoms with Gasteiger partial charge in [-0.05, 0) is 25.0 Å². The number of rotatable bonds is 35. The molecular formula is C42H74O6. The van der Waals surface area contributed by atoms with Crippen molar-refractivity contribution in [1.29, 1.82) is 0 Å². The highest BCUT2D eigenvalue weighted by atomic mass is 16.9. The van der Waals surface area contributed by atoms with Crippen molar-refractivity contribution in [2.45, 2.75) is 207 Å². The summed E-state index contributed by atoms with van der Waals surface area (Å²) in [7, 11) is 0. The highest BCUT2D eigenvalue weighted by Gasteiger charge is 2.33. The molecule has 6 nitrogen and oxygen atoms in total. The second-order valence-electron chi connectivity index (χ2n) is 14.0. The Morgan fingerprint density at radius 2 is 0.792 bits per heavy atom. The van der Waals surface area contributed by atoms with Crippen LogP contribution in [0.4, 0.5) is 0 Å². The van der Waals surface area contributed by atoms with Gasteiger partial charge in [0, 0.05) is 6.92 Å². The number of benzene rings is 1. The summed E-state index contributed by atoms with van der Waals surface area (Å²) < 4.78 is 17.8. The maximum atomic E-state index is 13.1. The molecule has 0 amide bonds. The van der Waals surface area contributed by atoms with Crippen LogP contribution in [0.5, 0.6) is 0 Å². The lowest BCUT2D eigenvalue weighted by molar-refractivity contribution is -0.345. The summed E-state index contributed by atoms with van der Waals surface area (Å²) in [6, 6.07) is 6.09. The highest BCUT2D eigenvalue weighted by Crippen LogP contribution is 2.22. The van der Waals surface area contributed by atoms with Crippen molar-refractivity contribution in [3.05, 3.63) is 35.4 Å². The molecule has 0 spiro atoms. The minimum absolute atomic E-state index is 0.00332. The molecule has 0 heterocycles. The van der Waals surface area contributed by atoms with Crippen LogP contribution in [0, 0.1) is 0 Å². The van der Waals surface area contributed by atoms with E-state index in [9.17, 15) is 14.7 Å². The van der Waals surface area contributed by atoms with Crippen LogP contribution < -0.4 is 0 Å². The predicted molar refractivity (Wildman–Crippen MR) is 200 cm³/mol. The SMILES string of the molecule is CCCCCCCCCCCCCCCCOC(C)(OCCCCCCCCCCCCCCCC)OC(=O)c1ccccc1C(=O)O. The molecule has 0 aromatic heterocycles. The van der Waals surface area contributed by atoms with Gasteiger partial charge in [0.2, 0.25) is 0 Å². The fourth-order valence-electron chi connectivity index (χ4n) is 6.28. The van der Waals surface area contributed by atoms with E-state index in [2.05, 4.69) is 13.8 Å². The van der Waals surface area contributed by atoms with Crippen molar-refractivity contribution < 1.29 is 28.9 Å². The van der Waals surface area contributed by atoms with E-state index in [1.54, 1.807) is 19.1 Å². The van der Waals surface area contributed by atoms with E-state index in [0.29, 0.717) is 13.2 Å². The first kappa shape index (κ1) is 44.1. The Bertz CT molecular complexity index is 866. The zero-order valence-corrected chi connectivity index (χ0v) is 31.5. The summed E-state index contributed by atoms with van der Waals surface area (Å²) in [6.45, 7) is 7.00. The van der Waals surface area contributed by atoms with Gasteiger partial charge >= 0.3 is 17.9 Å². The fourth-order valence-corrected chi connectivity index (χ4v) is 6.28. The van der Waals surface area contributed by atoms with E-state index in [1.165, 1.54) is 166 Å². The van der Waals surface area contributed by atoms with Crippen molar-refractivity contribution >= 4 is 11.9 Å². The van der Waals surface area contributed by atoms with Crippen LogP contribution >= 0.6 is 0 Å². The minimum atomic E-state index is -1.56. The van der Waals surface area contributed by atoms with Crippen LogP contribution in [-0.4, -0.2) is 36.2 Å². The number of hydrogen-bond acceptors (Lipinski definition) is 5. The molecule has 0 saturated carbocycles. The smallest absolute Gasteiger partial charge is 0.343 e. The largest absolute Gasteiger partial charge is 0.478 e. The van der Waals surface area contributed by atoms with E-state index in [0.717, 1.165) is 25.7 Å². The van der Waals surface area contributed by atoms with Gasteiger partial charge < -0.3 is 19.3 Å². The first-order chi connectivity index (χ1) is 23.4. The van der Waals surface area contributed by atoms with Crippen LogP contribution in [0.3, 0.4) is 0 Å². The summed E-state index contributed by atoms with van der Waals surface area (Å²) >= 11 is 0. The molecule has 1 rings (SSSR count). The summed E-state index contributed by atoms with van der Waals surface area (Å²) in [5, 5.41) is 9.55. The van der Waals surface area contributed by atoms with E-state index in [4.69, 9.17) is 14.2 Å². The highest BCUT2D eigenvalue weighted by molar-refractivity contribution is 6.02. The van der Waals surface area contributed by atoms with E-state index in [-0.39, 0.29) is 11.1 Å². The van der Waals surface area contributed by atoms with E-state index in [1.807, 2.05) is 0 Å². The molecule has 6 heteroatoms. The topological polar surface area (TPSA) is 82.1 Å². The molecule has 0 radical (unpaired) electrons. The Morgan fingerprint density at radius 1 is 0.500 bits per heavy atom. The number of esters is 1. The maximum Gasteiger partial charge on any atom is 0.343 e. The normalized spacial score (nSPS) is 11.6. The molecule has 1 N–H and O–H groups in total. The zero-order valence-electron chi connectivity index (χ0n) is 31.5. The van der Waals surface area contributed by atoms with Gasteiger partial charge in [-0.25, -0.2) is 9.59 Å². The number of carboxylic acid groups (broad SMARTS) is 1. The fraction of sp³-hybridized carbons (Fsp3) is 0.810. The Morgan fingerprint density at radius 3 is 1.10 bits per heavy atom. The van der Waals surface area contributed by atoms with Gasteiger partial charge in [-0.15, -0.1) is 0 Å². The molecule has 0 atom stereocenters. The Labute approximate surface area is 295 Å². The predicted octanol–water partition coefficient (Wildman–Crippen LogP) is 13.2. The van der Waals surface area contributed by atoms with Gasteiger partial charge in [0.05, 0.1) is 24.3 Å². The number of unbranched alkanes of at least 4 members (excludes halogenated alkanes) is 26. The Kier molecular flexibility index (Phi) is 28.6. The molecule has 48 heavy (non-hydrogen) atoms. The van der Waals surface area contributed by atoms with Crippen LogP contribution in [0.25, 0.3) is 0 Å². The molecule has 1 aromatic carbocycles. The monoisotopic (exact) mass is 675 g/mol. The van der Waals surface area contributed by atoms with Crippen LogP contribution in [-0.2, 0) is 14.2 Å². The van der Waals surface area contributed by atoms with Gasteiger partial charge in [-0.2, -0.15) is 0 Å². The lowest BCUT2D eigenvalue weighted by Crippen LogP contribution is -2.39. The average molecular weight is 675 g/mol. The third kappa shape index (κ3) is 24.3. The van der Waals surface area contributed by atoms with Crippen molar-refractivity contribution in [3.63, 3.8) is 0 Å². The molecule has 0 aliphatic heterocycles. The van der Waals surface area contributed by atoms with Crippen molar-refractivity contribution in [2.75, 3.05) is 13.2 Å². The molecule has 0 aliphatic carbocycles. The second kappa shape index (κ2) is 31.1. The summed E-state index contributed by atoms with van der Waals surface area (Å²) in [5.74, 6) is -3.48. The Hall–Kier alpha value is -1.92. The van der Waals surface area contributed by atoms with Gasteiger partial charge in [-0.1, -0.05) is 193 Å². The first-order valence-corrected chi connectivity index (χ1v) is 20.3. The number of ether oxygens (including phenoxy) is 3. The molecular weight excluding hydrogens is 600 g/mol. The number of aromatic carboxylic acids is 1. The quantitative estimate of drug-likeness (QED) is 0.0438. The molecule has 0 aliphatic rings. The maximum absolute atomic E-state index is 13.1. The number of hydrogen-bond donors (Lipinski definition) is 1. The summed E-state index contributed by atoms with van der Waals surface area (Å²) in [6.07, 6.45) is 35.8. The number of carbonyl (C=O) groups excluding carboxylic acids is 1. The average Bonchev–Trinajstić information content (AvgIpc) is 3.08. The lowest BCUT2D eigenvalue weighted by Gasteiger charge is -2.29.